The normalized spacial score (nSPS) is 13.8. The highest BCUT2D eigenvalue weighted by atomic mass is 79.9. The largest absolute Gasteiger partial charge is 0.330 e. The molecule has 3 rings (SSSR count). The third-order valence-electron chi connectivity index (χ3n) is 2.94. The van der Waals surface area contributed by atoms with Crippen molar-refractivity contribution in [3.05, 3.63) is 56.2 Å². The summed E-state index contributed by atoms with van der Waals surface area (Å²) in [5, 5.41) is 1.90. The van der Waals surface area contributed by atoms with Crippen molar-refractivity contribution < 1.29 is 4.79 Å². The molecule has 2 aromatic rings. The van der Waals surface area contributed by atoms with Crippen LogP contribution in [0.3, 0.4) is 0 Å². The maximum Gasteiger partial charge on any atom is 0.255 e. The van der Waals surface area contributed by atoms with Gasteiger partial charge in [0.15, 0.2) is 0 Å². The molecule has 2 nitrogen and oxygen atoms in total. The SMILES string of the molecule is O=C(c1csc(Br)c1)N1Cc2ccccc2C1. The van der Waals surface area contributed by atoms with Crippen LogP contribution in [0.5, 0.6) is 0 Å². The van der Waals surface area contributed by atoms with Gasteiger partial charge < -0.3 is 4.90 Å². The highest BCUT2D eigenvalue weighted by Crippen LogP contribution is 2.26. The topological polar surface area (TPSA) is 20.3 Å². The number of thiophene rings is 1. The lowest BCUT2D eigenvalue weighted by Crippen LogP contribution is -2.24. The second kappa shape index (κ2) is 4.27. The zero-order chi connectivity index (χ0) is 11.8. The number of carbonyl (C=O) groups is 1. The predicted molar refractivity (Wildman–Crippen MR) is 72.0 cm³/mol. The summed E-state index contributed by atoms with van der Waals surface area (Å²) in [7, 11) is 0. The number of amides is 1. The van der Waals surface area contributed by atoms with Crippen LogP contribution < -0.4 is 0 Å². The fraction of sp³-hybridized carbons (Fsp3) is 0.154. The van der Waals surface area contributed by atoms with E-state index in [0.717, 1.165) is 22.4 Å². The van der Waals surface area contributed by atoms with Crippen molar-refractivity contribution in [3.63, 3.8) is 0 Å². The Balaban J connectivity index is 1.83. The van der Waals surface area contributed by atoms with Gasteiger partial charge in [0.2, 0.25) is 0 Å². The van der Waals surface area contributed by atoms with Gasteiger partial charge in [-0.05, 0) is 33.1 Å². The Morgan fingerprint density at radius 3 is 2.41 bits per heavy atom. The summed E-state index contributed by atoms with van der Waals surface area (Å²) < 4.78 is 0.998. The summed E-state index contributed by atoms with van der Waals surface area (Å²) >= 11 is 4.93. The molecule has 0 atom stereocenters. The maximum atomic E-state index is 12.2. The Kier molecular flexibility index (Phi) is 2.76. The van der Waals surface area contributed by atoms with Gasteiger partial charge in [-0.25, -0.2) is 0 Å². The van der Waals surface area contributed by atoms with Crippen molar-refractivity contribution in [3.8, 4) is 0 Å². The number of benzene rings is 1. The third-order valence-corrected chi connectivity index (χ3v) is 4.45. The van der Waals surface area contributed by atoms with E-state index in [4.69, 9.17) is 0 Å². The minimum atomic E-state index is 0.114. The molecular weight excluding hydrogens is 298 g/mol. The van der Waals surface area contributed by atoms with Gasteiger partial charge in [0, 0.05) is 18.5 Å². The Labute approximate surface area is 112 Å². The first-order chi connectivity index (χ1) is 8.24. The van der Waals surface area contributed by atoms with Gasteiger partial charge in [-0.1, -0.05) is 24.3 Å². The number of rotatable bonds is 1. The highest BCUT2D eigenvalue weighted by molar-refractivity contribution is 9.11. The van der Waals surface area contributed by atoms with Crippen molar-refractivity contribution in [2.75, 3.05) is 0 Å². The molecule has 0 N–H and O–H groups in total. The van der Waals surface area contributed by atoms with Crippen LogP contribution >= 0.6 is 27.3 Å². The van der Waals surface area contributed by atoms with Crippen molar-refractivity contribution >= 4 is 33.2 Å². The highest BCUT2D eigenvalue weighted by Gasteiger charge is 2.24. The quantitative estimate of drug-likeness (QED) is 0.787. The minimum absolute atomic E-state index is 0.114. The molecule has 0 unspecified atom stereocenters. The van der Waals surface area contributed by atoms with E-state index in [0.29, 0.717) is 0 Å². The molecule has 17 heavy (non-hydrogen) atoms. The second-order valence-electron chi connectivity index (χ2n) is 4.07. The van der Waals surface area contributed by atoms with Crippen LogP contribution in [-0.4, -0.2) is 10.8 Å². The van der Waals surface area contributed by atoms with Gasteiger partial charge in [0.05, 0.1) is 9.35 Å². The number of hydrogen-bond acceptors (Lipinski definition) is 2. The molecule has 0 aliphatic carbocycles. The van der Waals surface area contributed by atoms with Gasteiger partial charge in [0.25, 0.3) is 5.91 Å². The Morgan fingerprint density at radius 1 is 1.24 bits per heavy atom. The van der Waals surface area contributed by atoms with Gasteiger partial charge >= 0.3 is 0 Å². The minimum Gasteiger partial charge on any atom is -0.330 e. The summed E-state index contributed by atoms with van der Waals surface area (Å²) in [5.41, 5.74) is 3.29. The summed E-state index contributed by atoms with van der Waals surface area (Å²) in [5.74, 6) is 0.114. The number of fused-ring (bicyclic) bond motifs is 1. The maximum absolute atomic E-state index is 12.2. The fourth-order valence-corrected chi connectivity index (χ4v) is 3.21. The average molecular weight is 308 g/mol. The molecule has 0 fully saturated rings. The van der Waals surface area contributed by atoms with E-state index in [1.54, 1.807) is 11.3 Å². The van der Waals surface area contributed by atoms with E-state index in [9.17, 15) is 4.79 Å². The summed E-state index contributed by atoms with van der Waals surface area (Å²) in [4.78, 5) is 14.1. The van der Waals surface area contributed by atoms with Crippen LogP contribution in [0.15, 0.2) is 39.5 Å². The first-order valence-corrected chi connectivity index (χ1v) is 7.01. The standard InChI is InChI=1S/C13H10BrNOS/c14-12-5-11(8-17-12)13(16)15-6-9-3-1-2-4-10(9)7-15/h1-5,8H,6-7H2. The van der Waals surface area contributed by atoms with Crippen LogP contribution in [0.25, 0.3) is 0 Å². The number of carbonyl (C=O) groups excluding carboxylic acids is 1. The zero-order valence-electron chi connectivity index (χ0n) is 9.02. The number of hydrogen-bond donors (Lipinski definition) is 0. The van der Waals surface area contributed by atoms with Crippen LogP contribution in [-0.2, 0) is 13.1 Å². The molecule has 1 aliphatic rings. The monoisotopic (exact) mass is 307 g/mol. The Bertz CT molecular complexity index is 553. The lowest BCUT2D eigenvalue weighted by molar-refractivity contribution is 0.0752. The van der Waals surface area contributed by atoms with Crippen molar-refractivity contribution in [1.29, 1.82) is 0 Å². The lowest BCUT2D eigenvalue weighted by Gasteiger charge is -2.14. The second-order valence-corrected chi connectivity index (χ2v) is 6.36. The predicted octanol–water partition coefficient (Wildman–Crippen LogP) is 3.67. The zero-order valence-corrected chi connectivity index (χ0v) is 11.4. The first-order valence-electron chi connectivity index (χ1n) is 5.34. The fourth-order valence-electron chi connectivity index (χ4n) is 2.08. The average Bonchev–Trinajstić information content (AvgIpc) is 2.93. The lowest BCUT2D eigenvalue weighted by atomic mass is 10.1. The molecule has 1 aliphatic heterocycles. The van der Waals surface area contributed by atoms with Crippen LogP contribution in [0, 0.1) is 0 Å². The molecule has 86 valence electrons. The molecule has 0 spiro atoms. The Morgan fingerprint density at radius 2 is 1.88 bits per heavy atom. The summed E-state index contributed by atoms with van der Waals surface area (Å²) in [6.45, 7) is 1.45. The molecule has 1 amide bonds. The van der Waals surface area contributed by atoms with E-state index in [1.165, 1.54) is 11.1 Å². The molecular formula is C13H10BrNOS. The smallest absolute Gasteiger partial charge is 0.255 e. The third kappa shape index (κ3) is 2.03. The van der Waals surface area contributed by atoms with Crippen LogP contribution in [0.4, 0.5) is 0 Å². The van der Waals surface area contributed by atoms with Crippen molar-refractivity contribution in [2.24, 2.45) is 0 Å². The van der Waals surface area contributed by atoms with Crippen LogP contribution in [0.1, 0.15) is 21.5 Å². The number of halogens is 1. The van der Waals surface area contributed by atoms with Gasteiger partial charge in [0.1, 0.15) is 0 Å². The molecule has 4 heteroatoms. The first kappa shape index (κ1) is 11.0. The molecule has 1 aromatic carbocycles. The van der Waals surface area contributed by atoms with Crippen LogP contribution in [0.2, 0.25) is 0 Å². The van der Waals surface area contributed by atoms with Crippen molar-refractivity contribution in [1.82, 2.24) is 4.90 Å². The van der Waals surface area contributed by atoms with E-state index < -0.39 is 0 Å². The summed E-state index contributed by atoms with van der Waals surface area (Å²) in [6, 6.07) is 10.1. The van der Waals surface area contributed by atoms with E-state index >= 15 is 0 Å². The van der Waals surface area contributed by atoms with Gasteiger partial charge in [-0.2, -0.15) is 0 Å². The molecule has 1 aromatic heterocycles. The van der Waals surface area contributed by atoms with E-state index in [2.05, 4.69) is 28.1 Å². The number of nitrogens with zero attached hydrogens (tertiary/aromatic N) is 1. The van der Waals surface area contributed by atoms with Crippen molar-refractivity contribution in [2.45, 2.75) is 13.1 Å². The van der Waals surface area contributed by atoms with Gasteiger partial charge in [-0.3, -0.25) is 4.79 Å². The molecule has 0 radical (unpaired) electrons. The van der Waals surface area contributed by atoms with E-state index in [1.807, 2.05) is 28.5 Å². The Hall–Kier alpha value is -1.13. The molecule has 0 bridgehead atoms. The molecule has 0 saturated carbocycles. The molecule has 2 heterocycles. The van der Waals surface area contributed by atoms with Gasteiger partial charge in [-0.15, -0.1) is 11.3 Å². The molecule has 0 saturated heterocycles. The van der Waals surface area contributed by atoms with E-state index in [-0.39, 0.29) is 5.91 Å². The summed E-state index contributed by atoms with van der Waals surface area (Å²) in [6.07, 6.45) is 0.